The Hall–Kier alpha value is -1.24. The summed E-state index contributed by atoms with van der Waals surface area (Å²) in [6, 6.07) is 5.43. The van der Waals surface area contributed by atoms with Crippen LogP contribution in [0.4, 0.5) is 5.69 Å². The Labute approximate surface area is 134 Å². The number of amides is 2. The third kappa shape index (κ3) is 4.62. The molecule has 2 atom stereocenters. The summed E-state index contributed by atoms with van der Waals surface area (Å²) in [7, 11) is 0. The summed E-state index contributed by atoms with van der Waals surface area (Å²) in [4.78, 5) is 24.6. The molecule has 1 aromatic rings. The van der Waals surface area contributed by atoms with Gasteiger partial charge in [0.2, 0.25) is 5.91 Å². The van der Waals surface area contributed by atoms with Gasteiger partial charge in [0, 0.05) is 23.0 Å². The fraction of sp³-hybridized carbons (Fsp3) is 0.429. The maximum absolute atomic E-state index is 12.0. The van der Waals surface area contributed by atoms with Crippen LogP contribution < -0.4 is 16.4 Å². The number of carbonyl (C=O) groups is 2. The van der Waals surface area contributed by atoms with Crippen molar-refractivity contribution in [2.45, 2.75) is 36.5 Å². The SMILES string of the molecule is CC(N)CCNC(=O)c1ccc2c(c1)NC(=O)C(C)S2.Cl. The Bertz CT molecular complexity index is 537. The quantitative estimate of drug-likeness (QED) is 0.789. The van der Waals surface area contributed by atoms with Gasteiger partial charge >= 0.3 is 0 Å². The van der Waals surface area contributed by atoms with Crippen molar-refractivity contribution in [2.24, 2.45) is 5.73 Å². The lowest BCUT2D eigenvalue weighted by Crippen LogP contribution is -2.30. The van der Waals surface area contributed by atoms with Gasteiger partial charge in [0.05, 0.1) is 10.9 Å². The second-order valence-corrected chi connectivity index (χ2v) is 6.36. The molecule has 0 fully saturated rings. The van der Waals surface area contributed by atoms with Crippen LogP contribution in [0.2, 0.25) is 0 Å². The van der Waals surface area contributed by atoms with Crippen molar-refractivity contribution < 1.29 is 9.59 Å². The number of hydrogen-bond acceptors (Lipinski definition) is 4. The zero-order valence-electron chi connectivity index (χ0n) is 12.0. The monoisotopic (exact) mass is 329 g/mol. The molecule has 0 aliphatic carbocycles. The van der Waals surface area contributed by atoms with E-state index in [9.17, 15) is 9.59 Å². The standard InChI is InChI=1S/C14H19N3O2S.ClH/c1-8(15)5-6-16-14(19)10-3-4-12-11(7-10)17-13(18)9(2)20-12;/h3-4,7-9H,5-6,15H2,1-2H3,(H,16,19)(H,17,18);1H. The highest BCUT2D eigenvalue weighted by Gasteiger charge is 2.23. The van der Waals surface area contributed by atoms with Gasteiger partial charge in [-0.3, -0.25) is 9.59 Å². The van der Waals surface area contributed by atoms with E-state index in [0.717, 1.165) is 11.3 Å². The van der Waals surface area contributed by atoms with Crippen molar-refractivity contribution in [2.75, 3.05) is 11.9 Å². The van der Waals surface area contributed by atoms with Gasteiger partial charge < -0.3 is 16.4 Å². The highest BCUT2D eigenvalue weighted by molar-refractivity contribution is 8.00. The lowest BCUT2D eigenvalue weighted by Gasteiger charge is -2.21. The molecule has 2 amide bonds. The largest absolute Gasteiger partial charge is 0.352 e. The summed E-state index contributed by atoms with van der Waals surface area (Å²) in [5.41, 5.74) is 6.89. The van der Waals surface area contributed by atoms with Gasteiger partial charge in [0.15, 0.2) is 0 Å². The Morgan fingerprint density at radius 1 is 1.52 bits per heavy atom. The predicted molar refractivity (Wildman–Crippen MR) is 88.2 cm³/mol. The molecule has 7 heteroatoms. The van der Waals surface area contributed by atoms with Crippen LogP contribution in [-0.4, -0.2) is 29.7 Å². The van der Waals surface area contributed by atoms with E-state index < -0.39 is 0 Å². The molecule has 2 unspecified atom stereocenters. The number of fused-ring (bicyclic) bond motifs is 1. The van der Waals surface area contributed by atoms with E-state index in [1.807, 2.05) is 19.9 Å². The number of anilines is 1. The summed E-state index contributed by atoms with van der Waals surface area (Å²) in [5, 5.41) is 5.53. The minimum absolute atomic E-state index is 0. The van der Waals surface area contributed by atoms with Gasteiger partial charge in [-0.2, -0.15) is 0 Å². The summed E-state index contributed by atoms with van der Waals surface area (Å²) < 4.78 is 0. The normalized spacial score (nSPS) is 18.0. The van der Waals surface area contributed by atoms with E-state index in [0.29, 0.717) is 17.8 Å². The maximum Gasteiger partial charge on any atom is 0.251 e. The second-order valence-electron chi connectivity index (χ2n) is 4.98. The maximum atomic E-state index is 12.0. The highest BCUT2D eigenvalue weighted by atomic mass is 35.5. The molecule has 21 heavy (non-hydrogen) atoms. The number of halogens is 1. The molecule has 0 saturated carbocycles. The lowest BCUT2D eigenvalue weighted by atomic mass is 10.1. The number of rotatable bonds is 4. The molecule has 4 N–H and O–H groups in total. The van der Waals surface area contributed by atoms with Crippen LogP contribution in [-0.2, 0) is 4.79 Å². The molecular weight excluding hydrogens is 310 g/mol. The number of hydrogen-bond donors (Lipinski definition) is 3. The molecule has 116 valence electrons. The van der Waals surface area contributed by atoms with E-state index in [4.69, 9.17) is 5.73 Å². The Balaban J connectivity index is 0.00000220. The summed E-state index contributed by atoms with van der Waals surface area (Å²) in [6.07, 6.45) is 0.737. The first kappa shape index (κ1) is 17.8. The summed E-state index contributed by atoms with van der Waals surface area (Å²) >= 11 is 1.50. The minimum Gasteiger partial charge on any atom is -0.352 e. The smallest absolute Gasteiger partial charge is 0.251 e. The van der Waals surface area contributed by atoms with E-state index in [-0.39, 0.29) is 35.5 Å². The summed E-state index contributed by atoms with van der Waals surface area (Å²) in [5.74, 6) is -0.177. The molecule has 0 bridgehead atoms. The van der Waals surface area contributed by atoms with E-state index in [1.165, 1.54) is 11.8 Å². The van der Waals surface area contributed by atoms with Crippen LogP contribution in [0.3, 0.4) is 0 Å². The van der Waals surface area contributed by atoms with Crippen LogP contribution >= 0.6 is 24.2 Å². The van der Waals surface area contributed by atoms with Crippen molar-refractivity contribution in [3.63, 3.8) is 0 Å². The molecular formula is C14H20ClN3O2S. The van der Waals surface area contributed by atoms with Crippen LogP contribution in [0.5, 0.6) is 0 Å². The first-order valence-corrected chi connectivity index (χ1v) is 7.50. The van der Waals surface area contributed by atoms with Crippen molar-refractivity contribution in [3.05, 3.63) is 23.8 Å². The molecule has 2 rings (SSSR count). The van der Waals surface area contributed by atoms with Crippen LogP contribution in [0.15, 0.2) is 23.1 Å². The number of benzene rings is 1. The van der Waals surface area contributed by atoms with E-state index >= 15 is 0 Å². The van der Waals surface area contributed by atoms with Crippen molar-refractivity contribution in [1.82, 2.24) is 5.32 Å². The number of thioether (sulfide) groups is 1. The Morgan fingerprint density at radius 3 is 2.90 bits per heavy atom. The first-order chi connectivity index (χ1) is 9.47. The van der Waals surface area contributed by atoms with Gasteiger partial charge in [0.25, 0.3) is 5.91 Å². The van der Waals surface area contributed by atoms with Gasteiger partial charge in [-0.05, 0) is 38.5 Å². The van der Waals surface area contributed by atoms with Crippen molar-refractivity contribution in [3.8, 4) is 0 Å². The molecule has 0 radical (unpaired) electrons. The third-order valence-electron chi connectivity index (χ3n) is 3.06. The molecule has 0 saturated heterocycles. The van der Waals surface area contributed by atoms with Crippen LogP contribution in [0.1, 0.15) is 30.6 Å². The highest BCUT2D eigenvalue weighted by Crippen LogP contribution is 2.35. The molecule has 5 nitrogen and oxygen atoms in total. The summed E-state index contributed by atoms with van der Waals surface area (Å²) in [6.45, 7) is 4.31. The Morgan fingerprint density at radius 2 is 2.24 bits per heavy atom. The van der Waals surface area contributed by atoms with Crippen molar-refractivity contribution in [1.29, 1.82) is 0 Å². The molecule has 1 aliphatic rings. The van der Waals surface area contributed by atoms with Gasteiger partial charge in [-0.1, -0.05) is 0 Å². The predicted octanol–water partition coefficient (Wildman–Crippen LogP) is 2.01. The van der Waals surface area contributed by atoms with Gasteiger partial charge in [0.1, 0.15) is 0 Å². The number of nitrogens with one attached hydrogen (secondary N) is 2. The van der Waals surface area contributed by atoms with Gasteiger partial charge in [-0.15, -0.1) is 24.2 Å². The average Bonchev–Trinajstić information content (AvgIpc) is 2.39. The molecule has 0 spiro atoms. The third-order valence-corrected chi connectivity index (χ3v) is 4.24. The zero-order chi connectivity index (χ0) is 14.7. The topological polar surface area (TPSA) is 84.2 Å². The molecule has 1 aromatic carbocycles. The van der Waals surface area contributed by atoms with E-state index in [2.05, 4.69) is 10.6 Å². The Kier molecular flexibility index (Phi) is 6.51. The van der Waals surface area contributed by atoms with Crippen molar-refractivity contribution >= 4 is 41.7 Å². The minimum atomic E-state index is -0.147. The molecule has 0 aromatic heterocycles. The second kappa shape index (κ2) is 7.68. The zero-order valence-corrected chi connectivity index (χ0v) is 13.6. The average molecular weight is 330 g/mol. The van der Waals surface area contributed by atoms with Gasteiger partial charge in [-0.25, -0.2) is 0 Å². The number of nitrogens with two attached hydrogens (primary N) is 1. The number of carbonyl (C=O) groups excluding carboxylic acids is 2. The lowest BCUT2D eigenvalue weighted by molar-refractivity contribution is -0.115. The first-order valence-electron chi connectivity index (χ1n) is 6.62. The molecule has 1 aliphatic heterocycles. The molecule has 1 heterocycles. The van der Waals surface area contributed by atoms with Crippen LogP contribution in [0.25, 0.3) is 0 Å². The fourth-order valence-corrected chi connectivity index (χ4v) is 2.80. The van der Waals surface area contributed by atoms with E-state index in [1.54, 1.807) is 12.1 Å². The van der Waals surface area contributed by atoms with Crippen LogP contribution in [0, 0.1) is 0 Å². The fourth-order valence-electron chi connectivity index (χ4n) is 1.87.